The number of imidazole rings is 1. The Labute approximate surface area is 309 Å². The number of hydrogen-bond donors (Lipinski definition) is 1. The van der Waals surface area contributed by atoms with Crippen LogP contribution in [0.15, 0.2) is 109 Å². The van der Waals surface area contributed by atoms with E-state index in [0.29, 0.717) is 11.8 Å². The van der Waals surface area contributed by atoms with E-state index >= 15 is 0 Å². The number of para-hydroxylation sites is 1. The van der Waals surface area contributed by atoms with Crippen LogP contribution < -0.4 is 0 Å². The predicted octanol–water partition coefficient (Wildman–Crippen LogP) is 13.1. The summed E-state index contributed by atoms with van der Waals surface area (Å²) in [6.07, 6.45) is 1.96. The van der Waals surface area contributed by atoms with Crippen molar-refractivity contribution >= 4 is 21.9 Å². The molecule has 4 nitrogen and oxygen atoms in total. The standard InChI is InChI=1S/C48H51N3O/c1-29(2)31-17-22-43(52)40(26-31)46-50-45-37(15-12-16-42(45)51(46)36-20-18-35(19-21-36)47(5,6)7)32-13-11-14-33(25-32)38-27-34(30(3)4)28-39-41(48(8,9)10)23-24-49-44(38)39/h11-30,52H,1-10H3. The Kier molecular flexibility index (Phi) is 8.85. The van der Waals surface area contributed by atoms with E-state index in [4.69, 9.17) is 9.97 Å². The fourth-order valence-corrected chi connectivity index (χ4v) is 7.32. The van der Waals surface area contributed by atoms with Gasteiger partial charge in [-0.05, 0) is 111 Å². The first-order valence-electron chi connectivity index (χ1n) is 18.6. The summed E-state index contributed by atoms with van der Waals surface area (Å²) in [5.74, 6) is 1.62. The molecule has 4 heteroatoms. The molecule has 52 heavy (non-hydrogen) atoms. The van der Waals surface area contributed by atoms with Gasteiger partial charge in [-0.25, -0.2) is 4.98 Å². The second-order valence-corrected chi connectivity index (χ2v) is 17.0. The molecule has 0 aliphatic carbocycles. The molecule has 0 atom stereocenters. The van der Waals surface area contributed by atoms with Crippen molar-refractivity contribution in [2.24, 2.45) is 0 Å². The van der Waals surface area contributed by atoms with Crippen molar-refractivity contribution < 1.29 is 5.11 Å². The minimum atomic E-state index is -0.0156. The summed E-state index contributed by atoms with van der Waals surface area (Å²) in [6, 6.07) is 36.7. The van der Waals surface area contributed by atoms with Gasteiger partial charge in [0.15, 0.2) is 0 Å². The molecule has 0 saturated carbocycles. The molecule has 5 aromatic carbocycles. The summed E-state index contributed by atoms with van der Waals surface area (Å²) in [7, 11) is 0. The minimum Gasteiger partial charge on any atom is -0.507 e. The fraction of sp³-hybridized carbons (Fsp3) is 0.292. The third-order valence-electron chi connectivity index (χ3n) is 10.4. The molecule has 0 aliphatic rings. The maximum Gasteiger partial charge on any atom is 0.149 e. The molecule has 0 fully saturated rings. The van der Waals surface area contributed by atoms with Crippen LogP contribution in [0.25, 0.3) is 61.3 Å². The van der Waals surface area contributed by atoms with Gasteiger partial charge in [0, 0.05) is 28.4 Å². The molecular weight excluding hydrogens is 635 g/mol. The molecule has 0 radical (unpaired) electrons. The normalized spacial score (nSPS) is 12.5. The number of phenolic OH excluding ortho intramolecular Hbond substituents is 1. The lowest BCUT2D eigenvalue weighted by Gasteiger charge is -2.23. The smallest absolute Gasteiger partial charge is 0.149 e. The molecule has 7 rings (SSSR count). The number of phenols is 1. The molecule has 2 aromatic heterocycles. The lowest BCUT2D eigenvalue weighted by atomic mass is 9.82. The zero-order chi connectivity index (χ0) is 37.1. The first kappa shape index (κ1) is 35.2. The van der Waals surface area contributed by atoms with E-state index in [1.807, 2.05) is 12.3 Å². The Bertz CT molecular complexity index is 2430. The maximum atomic E-state index is 11.3. The van der Waals surface area contributed by atoms with Crippen LogP contribution in [0.2, 0.25) is 0 Å². The number of aromatic nitrogens is 3. The van der Waals surface area contributed by atoms with E-state index in [9.17, 15) is 5.11 Å². The van der Waals surface area contributed by atoms with E-state index < -0.39 is 0 Å². The Hall–Kier alpha value is -5.22. The zero-order valence-electron chi connectivity index (χ0n) is 32.3. The summed E-state index contributed by atoms with van der Waals surface area (Å²) >= 11 is 0. The lowest BCUT2D eigenvalue weighted by molar-refractivity contribution is 0.476. The average molecular weight is 686 g/mol. The van der Waals surface area contributed by atoms with Crippen LogP contribution in [-0.2, 0) is 10.8 Å². The molecule has 0 spiro atoms. The van der Waals surface area contributed by atoms with Gasteiger partial charge in [0.1, 0.15) is 11.6 Å². The topological polar surface area (TPSA) is 50.9 Å². The van der Waals surface area contributed by atoms with Crippen LogP contribution in [0.1, 0.15) is 103 Å². The SMILES string of the molecule is CC(C)c1ccc(O)c(-c2nc3c(-c4cccc(-c5cc(C(C)C)cc6c(C(C)(C)C)ccnc56)c4)cccc3n2-c2ccc(C(C)(C)C)cc2)c1. The van der Waals surface area contributed by atoms with Crippen molar-refractivity contribution in [1.82, 2.24) is 14.5 Å². The van der Waals surface area contributed by atoms with Gasteiger partial charge >= 0.3 is 0 Å². The first-order valence-corrected chi connectivity index (χ1v) is 18.6. The van der Waals surface area contributed by atoms with Crippen LogP contribution >= 0.6 is 0 Å². The zero-order valence-corrected chi connectivity index (χ0v) is 32.3. The average Bonchev–Trinajstić information content (AvgIpc) is 3.50. The van der Waals surface area contributed by atoms with Gasteiger partial charge in [0.2, 0.25) is 0 Å². The van der Waals surface area contributed by atoms with Crippen molar-refractivity contribution in [3.8, 4) is 45.1 Å². The number of rotatable bonds is 6. The second kappa shape index (κ2) is 13.1. The molecule has 0 bridgehead atoms. The van der Waals surface area contributed by atoms with Gasteiger partial charge in [-0.2, -0.15) is 0 Å². The largest absolute Gasteiger partial charge is 0.507 e. The van der Waals surface area contributed by atoms with Crippen molar-refractivity contribution in [3.05, 3.63) is 132 Å². The van der Waals surface area contributed by atoms with Crippen molar-refractivity contribution in [1.29, 1.82) is 0 Å². The van der Waals surface area contributed by atoms with E-state index in [1.54, 1.807) is 6.07 Å². The van der Waals surface area contributed by atoms with Crippen molar-refractivity contribution in [3.63, 3.8) is 0 Å². The quantitative estimate of drug-likeness (QED) is 0.190. The van der Waals surface area contributed by atoms with Crippen LogP contribution in [-0.4, -0.2) is 19.6 Å². The number of aromatic hydroxyl groups is 1. The molecule has 0 amide bonds. The molecule has 0 unspecified atom stereocenters. The number of pyridine rings is 1. The predicted molar refractivity (Wildman–Crippen MR) is 220 cm³/mol. The Morgan fingerprint density at radius 3 is 1.90 bits per heavy atom. The number of hydrogen-bond acceptors (Lipinski definition) is 3. The van der Waals surface area contributed by atoms with Gasteiger partial charge < -0.3 is 5.11 Å². The molecular formula is C48H51N3O. The van der Waals surface area contributed by atoms with E-state index in [2.05, 4.69) is 165 Å². The van der Waals surface area contributed by atoms with Crippen LogP contribution in [0.5, 0.6) is 5.75 Å². The highest BCUT2D eigenvalue weighted by Gasteiger charge is 2.23. The highest BCUT2D eigenvalue weighted by Crippen LogP contribution is 2.41. The summed E-state index contributed by atoms with van der Waals surface area (Å²) in [6.45, 7) is 22.4. The molecule has 1 N–H and O–H groups in total. The Morgan fingerprint density at radius 1 is 0.596 bits per heavy atom. The van der Waals surface area contributed by atoms with Gasteiger partial charge in [0.25, 0.3) is 0 Å². The summed E-state index contributed by atoms with van der Waals surface area (Å²) in [4.78, 5) is 10.4. The van der Waals surface area contributed by atoms with Crippen LogP contribution in [0, 0.1) is 0 Å². The third-order valence-corrected chi connectivity index (χ3v) is 10.4. The van der Waals surface area contributed by atoms with E-state index in [1.165, 1.54) is 22.1 Å². The van der Waals surface area contributed by atoms with Gasteiger partial charge in [-0.1, -0.05) is 118 Å². The number of fused-ring (bicyclic) bond motifs is 2. The van der Waals surface area contributed by atoms with Crippen LogP contribution in [0.3, 0.4) is 0 Å². The first-order chi connectivity index (χ1) is 24.6. The molecule has 0 aliphatic heterocycles. The third kappa shape index (κ3) is 6.40. The fourth-order valence-electron chi connectivity index (χ4n) is 7.32. The lowest BCUT2D eigenvalue weighted by Crippen LogP contribution is -2.12. The molecule has 2 heterocycles. The molecule has 7 aromatic rings. The summed E-state index contributed by atoms with van der Waals surface area (Å²) < 4.78 is 2.20. The van der Waals surface area contributed by atoms with E-state index in [-0.39, 0.29) is 16.6 Å². The van der Waals surface area contributed by atoms with Gasteiger partial charge in [0.05, 0.1) is 22.1 Å². The van der Waals surface area contributed by atoms with Crippen LogP contribution in [0.4, 0.5) is 0 Å². The van der Waals surface area contributed by atoms with Gasteiger partial charge in [-0.15, -0.1) is 0 Å². The van der Waals surface area contributed by atoms with E-state index in [0.717, 1.165) is 61.4 Å². The highest BCUT2D eigenvalue weighted by atomic mass is 16.3. The Morgan fingerprint density at radius 2 is 1.25 bits per heavy atom. The highest BCUT2D eigenvalue weighted by molar-refractivity contribution is 6.00. The molecule has 0 saturated heterocycles. The Balaban J connectivity index is 1.46. The number of nitrogens with zero attached hydrogens (tertiary/aromatic N) is 3. The molecule has 264 valence electrons. The summed E-state index contributed by atoms with van der Waals surface area (Å²) in [5.41, 5.74) is 14.1. The number of benzene rings is 5. The van der Waals surface area contributed by atoms with Crippen molar-refractivity contribution in [2.75, 3.05) is 0 Å². The second-order valence-electron chi connectivity index (χ2n) is 17.0. The monoisotopic (exact) mass is 685 g/mol. The van der Waals surface area contributed by atoms with Crippen molar-refractivity contribution in [2.45, 2.75) is 91.9 Å². The van der Waals surface area contributed by atoms with Gasteiger partial charge in [-0.3, -0.25) is 9.55 Å². The minimum absolute atomic E-state index is 0.0156. The maximum absolute atomic E-state index is 11.3. The summed E-state index contributed by atoms with van der Waals surface area (Å²) in [5, 5.41) is 12.5.